The molecule has 11 nitrogen and oxygen atoms in total. The van der Waals surface area contributed by atoms with E-state index < -0.39 is 11.7 Å². The molecular weight excluding hydrogens is 606 g/mol. The van der Waals surface area contributed by atoms with E-state index in [0.717, 1.165) is 76.2 Å². The fraction of sp³-hybridized carbons (Fsp3) is 0.378. The monoisotopic (exact) mass is 647 g/mol. The van der Waals surface area contributed by atoms with Crippen LogP contribution in [-0.4, -0.2) is 69.7 Å². The van der Waals surface area contributed by atoms with E-state index in [4.69, 9.17) is 9.72 Å². The summed E-state index contributed by atoms with van der Waals surface area (Å²) in [5, 5.41) is 10.7. The van der Waals surface area contributed by atoms with Crippen LogP contribution in [0.25, 0.3) is 44.7 Å². The Morgan fingerprint density at radius 1 is 0.771 bits per heavy atom. The van der Waals surface area contributed by atoms with Crippen molar-refractivity contribution >= 4 is 23.1 Å². The number of ether oxygens (including phenoxy) is 1. The number of imidazole rings is 2. The van der Waals surface area contributed by atoms with E-state index in [1.54, 1.807) is 17.3 Å². The molecule has 0 saturated carbocycles. The zero-order chi connectivity index (χ0) is 33.7. The lowest BCUT2D eigenvalue weighted by Gasteiger charge is -2.30. The van der Waals surface area contributed by atoms with Crippen LogP contribution in [-0.2, 0) is 4.74 Å². The third kappa shape index (κ3) is 6.00. The molecule has 0 spiro atoms. The van der Waals surface area contributed by atoms with E-state index in [0.29, 0.717) is 5.82 Å². The maximum Gasteiger partial charge on any atom is 0.411 e. The molecule has 3 N–H and O–H groups in total. The first-order valence-electron chi connectivity index (χ1n) is 16.6. The second-order valence-corrected chi connectivity index (χ2v) is 14.0. The number of rotatable bonds is 5. The molecule has 2 aromatic carbocycles. The van der Waals surface area contributed by atoms with Crippen LogP contribution in [0.4, 0.5) is 9.59 Å². The second-order valence-electron chi connectivity index (χ2n) is 14.0. The van der Waals surface area contributed by atoms with Gasteiger partial charge in [0.25, 0.3) is 0 Å². The maximum absolute atomic E-state index is 13.0. The molecule has 0 bridgehead atoms. The van der Waals surface area contributed by atoms with E-state index in [2.05, 4.69) is 62.4 Å². The van der Waals surface area contributed by atoms with Gasteiger partial charge in [0.2, 0.25) is 0 Å². The molecule has 2 amide bonds. The molecule has 4 atom stereocenters. The molecule has 3 aromatic heterocycles. The normalized spacial score (nSPS) is 21.3. The van der Waals surface area contributed by atoms with Gasteiger partial charge < -0.3 is 19.8 Å². The number of carbonyl (C=O) groups is 2. The predicted octanol–water partition coefficient (Wildman–Crippen LogP) is 8.35. The van der Waals surface area contributed by atoms with Crippen LogP contribution in [0.3, 0.4) is 0 Å². The first kappa shape index (κ1) is 31.4. The van der Waals surface area contributed by atoms with Crippen molar-refractivity contribution < 1.29 is 19.4 Å². The summed E-state index contributed by atoms with van der Waals surface area (Å²) in [6, 6.07) is 18.2. The van der Waals surface area contributed by atoms with Gasteiger partial charge in [0.1, 0.15) is 17.2 Å². The first-order chi connectivity index (χ1) is 22.9. The number of carbonyl (C=O) groups excluding carboxylic acids is 1. The summed E-state index contributed by atoms with van der Waals surface area (Å²) >= 11 is 0. The number of hydrogen-bond donors (Lipinski definition) is 3. The van der Waals surface area contributed by atoms with Crippen molar-refractivity contribution in [3.63, 3.8) is 0 Å². The number of fused-ring (bicyclic) bond motifs is 1. The Kier molecular flexibility index (Phi) is 7.93. The summed E-state index contributed by atoms with van der Waals surface area (Å²) in [6.45, 7) is 9.62. The maximum atomic E-state index is 13.0. The number of nitrogens with one attached hydrogen (secondary N) is 2. The van der Waals surface area contributed by atoms with Crippen LogP contribution in [0, 0.1) is 0 Å². The summed E-state index contributed by atoms with van der Waals surface area (Å²) in [7, 11) is 0. The lowest BCUT2D eigenvalue weighted by Crippen LogP contribution is -2.40. The van der Waals surface area contributed by atoms with E-state index in [1.165, 1.54) is 4.90 Å². The van der Waals surface area contributed by atoms with Crippen molar-refractivity contribution in [2.75, 3.05) is 0 Å². The van der Waals surface area contributed by atoms with Gasteiger partial charge in [-0.1, -0.05) is 36.4 Å². The number of pyridine rings is 1. The quantitative estimate of drug-likeness (QED) is 0.174. The van der Waals surface area contributed by atoms with Crippen molar-refractivity contribution in [2.24, 2.45) is 0 Å². The van der Waals surface area contributed by atoms with Gasteiger partial charge in [0.05, 0.1) is 47.1 Å². The lowest BCUT2D eigenvalue weighted by atomic mass is 10.0. The Labute approximate surface area is 279 Å². The second kappa shape index (κ2) is 12.1. The highest BCUT2D eigenvalue weighted by atomic mass is 16.6. The van der Waals surface area contributed by atoms with E-state index in [-0.39, 0.29) is 30.3 Å². The first-order valence-corrected chi connectivity index (χ1v) is 16.6. The van der Waals surface area contributed by atoms with Gasteiger partial charge >= 0.3 is 12.2 Å². The fourth-order valence-electron chi connectivity index (χ4n) is 7.04. The van der Waals surface area contributed by atoms with Crippen molar-refractivity contribution in [2.45, 2.75) is 90.1 Å². The average Bonchev–Trinajstić information content (AvgIpc) is 3.86. The minimum absolute atomic E-state index is 0.0215. The Morgan fingerprint density at radius 3 is 2.02 bits per heavy atom. The number of carboxylic acid groups (broad SMARTS) is 1. The van der Waals surface area contributed by atoms with Crippen LogP contribution in [0.2, 0.25) is 0 Å². The van der Waals surface area contributed by atoms with Crippen molar-refractivity contribution in [3.8, 4) is 33.8 Å². The summed E-state index contributed by atoms with van der Waals surface area (Å²) in [5.41, 5.74) is 5.88. The molecule has 0 radical (unpaired) electrons. The Balaban J connectivity index is 1.06. The summed E-state index contributed by atoms with van der Waals surface area (Å²) < 4.78 is 5.69. The Bertz CT molecular complexity index is 1980. The summed E-state index contributed by atoms with van der Waals surface area (Å²) in [5.74, 6) is 1.42. The van der Waals surface area contributed by atoms with Gasteiger partial charge in [-0.3, -0.25) is 9.80 Å². The number of likely N-dealkylation sites (tertiary alicyclic amines) is 2. The minimum atomic E-state index is -0.910. The number of hydrogen-bond acceptors (Lipinski definition) is 6. The molecular formula is C37H41N7O4. The minimum Gasteiger partial charge on any atom is -0.465 e. The van der Waals surface area contributed by atoms with Gasteiger partial charge in [-0.2, -0.15) is 0 Å². The number of aromatic nitrogens is 5. The molecule has 248 valence electrons. The zero-order valence-electron chi connectivity index (χ0n) is 27.9. The number of aromatic amines is 2. The predicted molar refractivity (Wildman–Crippen MR) is 183 cm³/mol. The highest BCUT2D eigenvalue weighted by molar-refractivity contribution is 5.86. The summed E-state index contributed by atoms with van der Waals surface area (Å²) in [4.78, 5) is 49.0. The van der Waals surface area contributed by atoms with Gasteiger partial charge in [-0.15, -0.1) is 0 Å². The van der Waals surface area contributed by atoms with Gasteiger partial charge in [-0.25, -0.2) is 24.5 Å². The Morgan fingerprint density at radius 2 is 1.35 bits per heavy atom. The zero-order valence-corrected chi connectivity index (χ0v) is 27.9. The van der Waals surface area contributed by atoms with E-state index >= 15 is 0 Å². The van der Waals surface area contributed by atoms with Gasteiger partial charge in [0, 0.05) is 17.5 Å². The molecule has 0 aliphatic carbocycles. The van der Waals surface area contributed by atoms with Gasteiger partial charge in [-0.05, 0) is 95.2 Å². The SMILES string of the molecule is CC1CCC(c2ncc(-c3ccc(-c4ccc5nc(-c6cnc([C@@H]7CC[C@H](C)N7C(=O)OC(C)(C)C)[nH]6)ccc5c4)cc3)[nH]2)N1C(=O)O. The van der Waals surface area contributed by atoms with Gasteiger partial charge in [0.15, 0.2) is 0 Å². The number of benzene rings is 2. The molecule has 2 saturated heterocycles. The highest BCUT2D eigenvalue weighted by Crippen LogP contribution is 2.38. The van der Waals surface area contributed by atoms with Crippen LogP contribution < -0.4 is 0 Å². The van der Waals surface area contributed by atoms with E-state index in [1.807, 2.05) is 46.8 Å². The molecule has 7 rings (SSSR count). The lowest BCUT2D eigenvalue weighted by molar-refractivity contribution is 0.0151. The fourth-order valence-corrected chi connectivity index (χ4v) is 7.04. The molecule has 5 aromatic rings. The molecule has 2 aliphatic rings. The van der Waals surface area contributed by atoms with Crippen LogP contribution >= 0.6 is 0 Å². The Hall–Kier alpha value is -5.19. The third-order valence-electron chi connectivity index (χ3n) is 9.48. The van der Waals surface area contributed by atoms with E-state index in [9.17, 15) is 14.7 Å². The topological polar surface area (TPSA) is 140 Å². The molecule has 2 fully saturated rings. The molecule has 5 heterocycles. The molecule has 48 heavy (non-hydrogen) atoms. The van der Waals surface area contributed by atoms with Crippen molar-refractivity contribution in [1.82, 2.24) is 34.7 Å². The largest absolute Gasteiger partial charge is 0.465 e. The number of amides is 2. The van der Waals surface area contributed by atoms with Crippen LogP contribution in [0.15, 0.2) is 67.0 Å². The third-order valence-corrected chi connectivity index (χ3v) is 9.48. The van der Waals surface area contributed by atoms with Crippen molar-refractivity contribution in [1.29, 1.82) is 0 Å². The highest BCUT2D eigenvalue weighted by Gasteiger charge is 2.40. The molecule has 2 unspecified atom stereocenters. The van der Waals surface area contributed by atoms with Crippen LogP contribution in [0.1, 0.15) is 84.0 Å². The smallest absolute Gasteiger partial charge is 0.411 e. The standard InChI is InChI=1S/C37H41N7O4/c1-21-6-16-31(43(21)35(45)46)33-38-19-29(41-33)24-10-8-23(9-11-24)25-12-14-27-26(18-25)13-15-28(40-27)30-20-39-34(42-30)32-17-7-22(2)44(32)36(47)48-37(3,4)5/h8-15,18-22,31-32H,6-7,16-17H2,1-5H3,(H,38,41)(H,39,42)(H,45,46)/t21?,22-,31?,32-/m0/s1. The summed E-state index contributed by atoms with van der Waals surface area (Å²) in [6.07, 6.45) is 5.62. The molecule has 11 heteroatoms. The van der Waals surface area contributed by atoms with Crippen LogP contribution in [0.5, 0.6) is 0 Å². The van der Waals surface area contributed by atoms with Crippen molar-refractivity contribution in [3.05, 3.63) is 78.6 Å². The number of nitrogens with zero attached hydrogens (tertiary/aromatic N) is 5. The molecule has 2 aliphatic heterocycles. The average molecular weight is 648 g/mol. The number of H-pyrrole nitrogens is 2.